The Bertz CT molecular complexity index is 318. The van der Waals surface area contributed by atoms with Crippen molar-refractivity contribution in [2.45, 2.75) is 45.1 Å². The molecule has 0 radical (unpaired) electrons. The quantitative estimate of drug-likeness (QED) is 0.728. The van der Waals surface area contributed by atoms with Crippen LogP contribution < -0.4 is 5.19 Å². The van der Waals surface area contributed by atoms with Gasteiger partial charge in [0, 0.05) is 6.61 Å². The number of rotatable bonds is 4. The van der Waals surface area contributed by atoms with Crippen molar-refractivity contribution in [1.82, 2.24) is 0 Å². The van der Waals surface area contributed by atoms with Gasteiger partial charge in [-0.1, -0.05) is 44.0 Å². The smallest absolute Gasteiger partial charge is 0.208 e. The van der Waals surface area contributed by atoms with Crippen molar-refractivity contribution in [1.29, 1.82) is 0 Å². The molecule has 1 saturated heterocycles. The third kappa shape index (κ3) is 2.95. The minimum Gasteiger partial charge on any atom is -0.415 e. The van der Waals surface area contributed by atoms with Crippen LogP contribution in [-0.4, -0.2) is 15.6 Å². The first-order chi connectivity index (χ1) is 7.92. The number of hydrogen-bond acceptors (Lipinski definition) is 1. The zero-order chi connectivity index (χ0) is 11.2. The topological polar surface area (TPSA) is 9.23 Å². The lowest BCUT2D eigenvalue weighted by molar-refractivity contribution is 0.294. The predicted molar refractivity (Wildman–Crippen MR) is 71.8 cm³/mol. The van der Waals surface area contributed by atoms with E-state index in [9.17, 15) is 0 Å². The van der Waals surface area contributed by atoms with Crippen molar-refractivity contribution in [2.24, 2.45) is 0 Å². The van der Waals surface area contributed by atoms with Crippen LogP contribution >= 0.6 is 0 Å². The molecule has 1 fully saturated rings. The van der Waals surface area contributed by atoms with E-state index in [1.807, 2.05) is 0 Å². The summed E-state index contributed by atoms with van der Waals surface area (Å²) in [5.41, 5.74) is 1.56. The van der Waals surface area contributed by atoms with Gasteiger partial charge >= 0.3 is 0 Å². The minimum absolute atomic E-state index is 0.999. The Balaban J connectivity index is 2.11. The molecule has 2 heteroatoms. The van der Waals surface area contributed by atoms with Gasteiger partial charge in [0.2, 0.25) is 9.04 Å². The summed E-state index contributed by atoms with van der Waals surface area (Å²) >= 11 is 0. The molecule has 1 aromatic carbocycles. The van der Waals surface area contributed by atoms with Crippen LogP contribution in [0.4, 0.5) is 0 Å². The molecule has 0 saturated carbocycles. The molecular weight excluding hydrogens is 212 g/mol. The second kappa shape index (κ2) is 6.21. The molecule has 0 N–H and O–H groups in total. The van der Waals surface area contributed by atoms with Crippen molar-refractivity contribution in [3.8, 4) is 0 Å². The van der Waals surface area contributed by atoms with E-state index in [4.69, 9.17) is 4.43 Å². The summed E-state index contributed by atoms with van der Waals surface area (Å²) in [5.74, 6) is 0. The molecular formula is C14H22OSi. The van der Waals surface area contributed by atoms with Gasteiger partial charge in [-0.25, -0.2) is 0 Å². The molecule has 2 rings (SSSR count). The molecule has 0 aliphatic carbocycles. The molecule has 1 nitrogen and oxygen atoms in total. The van der Waals surface area contributed by atoms with Gasteiger partial charge in [-0.05, 0) is 36.1 Å². The van der Waals surface area contributed by atoms with Crippen molar-refractivity contribution >= 4 is 14.2 Å². The van der Waals surface area contributed by atoms with Crippen molar-refractivity contribution in [2.75, 3.05) is 6.61 Å². The summed E-state index contributed by atoms with van der Waals surface area (Å²) in [6.07, 6.45) is 6.46. The maximum absolute atomic E-state index is 6.02. The summed E-state index contributed by atoms with van der Waals surface area (Å²) in [7, 11) is -1.07. The highest BCUT2D eigenvalue weighted by Gasteiger charge is 2.20. The third-order valence-corrected chi connectivity index (χ3v) is 6.21. The molecule has 1 heterocycles. The first-order valence-corrected chi connectivity index (χ1v) is 8.47. The highest BCUT2D eigenvalue weighted by molar-refractivity contribution is 6.68. The first-order valence-electron chi connectivity index (χ1n) is 6.61. The summed E-state index contributed by atoms with van der Waals surface area (Å²) in [4.78, 5) is 0. The first kappa shape index (κ1) is 11.9. The fourth-order valence-corrected chi connectivity index (χ4v) is 5.18. The third-order valence-electron chi connectivity index (χ3n) is 3.38. The Morgan fingerprint density at radius 3 is 2.88 bits per heavy atom. The molecule has 0 amide bonds. The van der Waals surface area contributed by atoms with Gasteiger partial charge < -0.3 is 4.43 Å². The van der Waals surface area contributed by atoms with Gasteiger partial charge in [0.05, 0.1) is 0 Å². The average molecular weight is 234 g/mol. The zero-order valence-electron chi connectivity index (χ0n) is 10.2. The second-order valence-electron chi connectivity index (χ2n) is 4.66. The SMILES string of the molecule is CCCCc1ccccc1[SiH]1CCCCO1. The zero-order valence-corrected chi connectivity index (χ0v) is 11.4. The normalized spacial score (nSPS) is 20.9. The Morgan fingerprint density at radius 1 is 1.25 bits per heavy atom. The van der Waals surface area contributed by atoms with Crippen LogP contribution in [0.2, 0.25) is 6.04 Å². The van der Waals surface area contributed by atoms with E-state index in [0.717, 1.165) is 6.61 Å². The Hall–Kier alpha value is -0.603. The van der Waals surface area contributed by atoms with E-state index in [1.54, 1.807) is 10.8 Å². The highest BCUT2D eigenvalue weighted by atomic mass is 28.3. The van der Waals surface area contributed by atoms with Crippen LogP contribution in [0.15, 0.2) is 24.3 Å². The number of aryl methyl sites for hydroxylation is 1. The molecule has 1 aliphatic heterocycles. The van der Waals surface area contributed by atoms with Gasteiger partial charge in [0.25, 0.3) is 0 Å². The van der Waals surface area contributed by atoms with E-state index in [2.05, 4.69) is 31.2 Å². The van der Waals surface area contributed by atoms with Crippen LogP contribution in [0.3, 0.4) is 0 Å². The molecule has 1 atom stereocenters. The number of hydrogen-bond donors (Lipinski definition) is 0. The van der Waals surface area contributed by atoms with E-state index >= 15 is 0 Å². The van der Waals surface area contributed by atoms with Gasteiger partial charge in [-0.2, -0.15) is 0 Å². The van der Waals surface area contributed by atoms with Gasteiger partial charge in [-0.3, -0.25) is 0 Å². The van der Waals surface area contributed by atoms with Crippen molar-refractivity contribution in [3.05, 3.63) is 29.8 Å². The monoisotopic (exact) mass is 234 g/mol. The van der Waals surface area contributed by atoms with Crippen LogP contribution in [0.1, 0.15) is 38.2 Å². The molecule has 1 unspecified atom stereocenters. The molecule has 1 aromatic rings. The summed E-state index contributed by atoms with van der Waals surface area (Å²) in [6, 6.07) is 10.3. The van der Waals surface area contributed by atoms with Crippen LogP contribution in [0, 0.1) is 0 Å². The average Bonchev–Trinajstić information content (AvgIpc) is 2.38. The summed E-state index contributed by atoms with van der Waals surface area (Å²) in [6.45, 7) is 3.26. The molecule has 1 aliphatic rings. The minimum atomic E-state index is -1.07. The maximum Gasteiger partial charge on any atom is 0.208 e. The van der Waals surface area contributed by atoms with E-state index in [-0.39, 0.29) is 0 Å². The summed E-state index contributed by atoms with van der Waals surface area (Å²) < 4.78 is 6.02. The van der Waals surface area contributed by atoms with Crippen LogP contribution in [0.25, 0.3) is 0 Å². The molecule has 0 bridgehead atoms. The lowest BCUT2D eigenvalue weighted by Gasteiger charge is -2.23. The Labute approximate surface area is 101 Å². The van der Waals surface area contributed by atoms with Crippen LogP contribution in [0.5, 0.6) is 0 Å². The van der Waals surface area contributed by atoms with E-state index in [0.29, 0.717) is 0 Å². The van der Waals surface area contributed by atoms with Gasteiger partial charge in [0.1, 0.15) is 0 Å². The van der Waals surface area contributed by atoms with Gasteiger partial charge in [0.15, 0.2) is 0 Å². The molecule has 16 heavy (non-hydrogen) atoms. The largest absolute Gasteiger partial charge is 0.415 e. The lowest BCUT2D eigenvalue weighted by Crippen LogP contribution is -2.38. The van der Waals surface area contributed by atoms with Crippen LogP contribution in [-0.2, 0) is 10.8 Å². The highest BCUT2D eigenvalue weighted by Crippen LogP contribution is 2.13. The fourth-order valence-electron chi connectivity index (χ4n) is 2.43. The predicted octanol–water partition coefficient (Wildman–Crippen LogP) is 2.77. The number of benzene rings is 1. The van der Waals surface area contributed by atoms with Crippen molar-refractivity contribution < 1.29 is 4.43 Å². The van der Waals surface area contributed by atoms with E-state index < -0.39 is 9.04 Å². The fraction of sp³-hybridized carbons (Fsp3) is 0.571. The molecule has 88 valence electrons. The maximum atomic E-state index is 6.02. The van der Waals surface area contributed by atoms with Gasteiger partial charge in [-0.15, -0.1) is 0 Å². The second-order valence-corrected chi connectivity index (χ2v) is 7.17. The Morgan fingerprint density at radius 2 is 2.12 bits per heavy atom. The summed E-state index contributed by atoms with van der Waals surface area (Å²) in [5, 5.41) is 1.58. The standard InChI is InChI=1S/C14H22OSi/c1-2-3-8-13-9-4-5-10-14(13)16-12-7-6-11-15-16/h4-5,9-10,16H,2-3,6-8,11-12H2,1H3. The Kier molecular flexibility index (Phi) is 4.61. The lowest BCUT2D eigenvalue weighted by atomic mass is 10.1. The number of unbranched alkanes of at least 4 members (excludes halogenated alkanes) is 1. The molecule has 0 aromatic heterocycles. The van der Waals surface area contributed by atoms with Crippen molar-refractivity contribution in [3.63, 3.8) is 0 Å². The molecule has 0 spiro atoms. The van der Waals surface area contributed by atoms with E-state index in [1.165, 1.54) is 38.1 Å².